The molecule has 6 heteroatoms. The molecule has 0 aliphatic carbocycles. The van der Waals surface area contributed by atoms with Crippen LogP contribution in [0.2, 0.25) is 4.34 Å². The molecule has 1 aromatic carbocycles. The highest BCUT2D eigenvalue weighted by Crippen LogP contribution is 2.22. The average molecular weight is 352 g/mol. The van der Waals surface area contributed by atoms with Crippen LogP contribution >= 0.6 is 22.9 Å². The zero-order valence-corrected chi connectivity index (χ0v) is 15.2. The fraction of sp³-hybridized carbons (Fsp3) is 0.353. The van der Waals surface area contributed by atoms with Crippen LogP contribution in [0.25, 0.3) is 0 Å². The van der Waals surface area contributed by atoms with E-state index in [0.29, 0.717) is 13.1 Å². The molecule has 4 nitrogen and oxygen atoms in total. The van der Waals surface area contributed by atoms with E-state index in [2.05, 4.69) is 5.32 Å². The summed E-state index contributed by atoms with van der Waals surface area (Å²) in [4.78, 5) is 17.2. The summed E-state index contributed by atoms with van der Waals surface area (Å²) in [5, 5.41) is 2.95. The molecule has 2 rings (SSSR count). The summed E-state index contributed by atoms with van der Waals surface area (Å²) in [5.41, 5.74) is 2.24. The van der Waals surface area contributed by atoms with Crippen LogP contribution in [0.1, 0.15) is 10.4 Å². The molecule has 1 heterocycles. The quantitative estimate of drug-likeness (QED) is 0.832. The topological polar surface area (TPSA) is 35.6 Å². The van der Waals surface area contributed by atoms with Crippen molar-refractivity contribution in [3.63, 3.8) is 0 Å². The van der Waals surface area contributed by atoms with Crippen molar-refractivity contribution in [1.82, 2.24) is 10.2 Å². The van der Waals surface area contributed by atoms with Gasteiger partial charge in [0.15, 0.2) is 0 Å². The summed E-state index contributed by atoms with van der Waals surface area (Å²) in [5.74, 6) is 0.0202. The van der Waals surface area contributed by atoms with E-state index in [1.807, 2.05) is 67.3 Å². The Morgan fingerprint density at radius 1 is 1.13 bits per heavy atom. The third kappa shape index (κ3) is 5.86. The molecule has 124 valence electrons. The average Bonchev–Trinajstić information content (AvgIpc) is 2.90. The Morgan fingerprint density at radius 2 is 1.83 bits per heavy atom. The Hall–Kier alpha value is -1.56. The Bertz CT molecular complexity index is 640. The van der Waals surface area contributed by atoms with Crippen molar-refractivity contribution in [2.75, 3.05) is 32.6 Å². The third-order valence-electron chi connectivity index (χ3n) is 3.41. The lowest BCUT2D eigenvalue weighted by atomic mass is 10.2. The number of amides is 1. The van der Waals surface area contributed by atoms with E-state index in [1.165, 1.54) is 0 Å². The van der Waals surface area contributed by atoms with Crippen LogP contribution in [0.15, 0.2) is 36.4 Å². The number of thiophene rings is 1. The molecular weight excluding hydrogens is 330 g/mol. The summed E-state index contributed by atoms with van der Waals surface area (Å²) < 4.78 is 0.777. The van der Waals surface area contributed by atoms with Crippen molar-refractivity contribution in [2.24, 2.45) is 0 Å². The number of rotatable bonds is 7. The highest BCUT2D eigenvalue weighted by molar-refractivity contribution is 7.16. The Morgan fingerprint density at radius 3 is 2.39 bits per heavy atom. The molecule has 23 heavy (non-hydrogen) atoms. The summed E-state index contributed by atoms with van der Waals surface area (Å²) in [6.07, 6.45) is 0. The van der Waals surface area contributed by atoms with Crippen LogP contribution in [0.3, 0.4) is 0 Å². The largest absolute Gasteiger partial charge is 0.378 e. The molecule has 1 N–H and O–H groups in total. The standard InChI is InChI=1S/C17H22ClN3OS/c1-20(2)14-6-4-13(5-7-14)10-19-17(22)12-21(3)11-15-8-9-16(18)23-15/h4-9H,10-12H2,1-3H3,(H,19,22). The minimum absolute atomic E-state index is 0.0202. The maximum absolute atomic E-state index is 12.0. The van der Waals surface area contributed by atoms with Gasteiger partial charge in [0, 0.05) is 37.7 Å². The number of benzene rings is 1. The molecule has 0 unspecified atom stereocenters. The Labute approximate surface area is 146 Å². The van der Waals surface area contributed by atoms with Gasteiger partial charge in [0.05, 0.1) is 10.9 Å². The number of nitrogens with zero attached hydrogens (tertiary/aromatic N) is 2. The number of carbonyl (C=O) groups is 1. The minimum atomic E-state index is 0.0202. The maximum Gasteiger partial charge on any atom is 0.234 e. The maximum atomic E-state index is 12.0. The van der Waals surface area contributed by atoms with Crippen LogP contribution < -0.4 is 10.2 Å². The third-order valence-corrected chi connectivity index (χ3v) is 4.63. The number of nitrogens with one attached hydrogen (secondary N) is 1. The van der Waals surface area contributed by atoms with Gasteiger partial charge in [-0.3, -0.25) is 9.69 Å². The number of carbonyl (C=O) groups excluding carboxylic acids is 1. The molecule has 0 radical (unpaired) electrons. The van der Waals surface area contributed by atoms with Gasteiger partial charge in [0.2, 0.25) is 5.91 Å². The fourth-order valence-electron chi connectivity index (χ4n) is 2.17. The van der Waals surface area contributed by atoms with Gasteiger partial charge in [0.25, 0.3) is 0 Å². The van der Waals surface area contributed by atoms with Gasteiger partial charge in [0.1, 0.15) is 0 Å². The zero-order valence-electron chi connectivity index (χ0n) is 13.7. The SMILES string of the molecule is CN(CC(=O)NCc1ccc(N(C)C)cc1)Cc1ccc(Cl)s1. The second-order valence-electron chi connectivity index (χ2n) is 5.72. The van der Waals surface area contributed by atoms with Crippen molar-refractivity contribution >= 4 is 34.5 Å². The predicted molar refractivity (Wildman–Crippen MR) is 98.3 cm³/mol. The second kappa shape index (κ2) is 8.34. The molecule has 1 amide bonds. The number of hydrogen-bond acceptors (Lipinski definition) is 4. The molecule has 2 aromatic rings. The molecule has 1 aromatic heterocycles. The molecule has 0 aliphatic rings. The van der Waals surface area contributed by atoms with E-state index < -0.39 is 0 Å². The Kier molecular flexibility index (Phi) is 6.45. The highest BCUT2D eigenvalue weighted by Gasteiger charge is 2.08. The van der Waals surface area contributed by atoms with Gasteiger partial charge in [-0.05, 0) is 36.9 Å². The number of halogens is 1. The van der Waals surface area contributed by atoms with Crippen molar-refractivity contribution in [3.05, 3.63) is 51.2 Å². The van der Waals surface area contributed by atoms with Crippen LogP contribution in [0, 0.1) is 0 Å². The first-order valence-corrected chi connectivity index (χ1v) is 8.59. The minimum Gasteiger partial charge on any atom is -0.378 e. The van der Waals surface area contributed by atoms with Crippen LogP contribution in [0.5, 0.6) is 0 Å². The molecule has 0 saturated heterocycles. The lowest BCUT2D eigenvalue weighted by molar-refractivity contribution is -0.122. The smallest absolute Gasteiger partial charge is 0.234 e. The Balaban J connectivity index is 1.75. The van der Waals surface area contributed by atoms with Gasteiger partial charge >= 0.3 is 0 Å². The van der Waals surface area contributed by atoms with Gasteiger partial charge < -0.3 is 10.2 Å². The zero-order chi connectivity index (χ0) is 16.8. The summed E-state index contributed by atoms with van der Waals surface area (Å²) >= 11 is 7.46. The highest BCUT2D eigenvalue weighted by atomic mass is 35.5. The molecule has 0 atom stereocenters. The van der Waals surface area contributed by atoms with Gasteiger partial charge in [-0.15, -0.1) is 11.3 Å². The predicted octanol–water partition coefficient (Wildman–Crippen LogP) is 3.22. The number of hydrogen-bond donors (Lipinski definition) is 1. The van der Waals surface area contributed by atoms with Crippen molar-refractivity contribution in [2.45, 2.75) is 13.1 Å². The van der Waals surface area contributed by atoms with E-state index >= 15 is 0 Å². The van der Waals surface area contributed by atoms with E-state index in [-0.39, 0.29) is 5.91 Å². The molecule has 0 bridgehead atoms. The number of likely N-dealkylation sites (N-methyl/N-ethyl adjacent to an activating group) is 1. The molecular formula is C17H22ClN3OS. The van der Waals surface area contributed by atoms with E-state index in [9.17, 15) is 4.79 Å². The van der Waals surface area contributed by atoms with Crippen LogP contribution in [-0.2, 0) is 17.9 Å². The van der Waals surface area contributed by atoms with E-state index in [1.54, 1.807) is 11.3 Å². The monoisotopic (exact) mass is 351 g/mol. The van der Waals surface area contributed by atoms with Crippen molar-refractivity contribution in [1.29, 1.82) is 0 Å². The molecule has 0 spiro atoms. The van der Waals surface area contributed by atoms with Gasteiger partial charge in [-0.2, -0.15) is 0 Å². The van der Waals surface area contributed by atoms with Gasteiger partial charge in [-0.25, -0.2) is 0 Å². The molecule has 0 saturated carbocycles. The lowest BCUT2D eigenvalue weighted by Crippen LogP contribution is -2.34. The summed E-state index contributed by atoms with van der Waals surface area (Å²) in [7, 11) is 5.94. The fourth-order valence-corrected chi connectivity index (χ4v) is 3.34. The summed E-state index contributed by atoms with van der Waals surface area (Å²) in [6, 6.07) is 12.0. The van der Waals surface area contributed by atoms with Crippen molar-refractivity contribution in [3.8, 4) is 0 Å². The van der Waals surface area contributed by atoms with E-state index in [4.69, 9.17) is 11.6 Å². The first-order chi connectivity index (χ1) is 10.9. The van der Waals surface area contributed by atoms with Gasteiger partial charge in [-0.1, -0.05) is 23.7 Å². The van der Waals surface area contributed by atoms with E-state index in [0.717, 1.165) is 27.0 Å². The number of anilines is 1. The van der Waals surface area contributed by atoms with Crippen molar-refractivity contribution < 1.29 is 4.79 Å². The summed E-state index contributed by atoms with van der Waals surface area (Å²) in [6.45, 7) is 1.64. The molecule has 0 aliphatic heterocycles. The molecule has 0 fully saturated rings. The second-order valence-corrected chi connectivity index (χ2v) is 7.52. The first kappa shape index (κ1) is 17.8. The lowest BCUT2D eigenvalue weighted by Gasteiger charge is -2.16. The van der Waals surface area contributed by atoms with Crippen LogP contribution in [-0.4, -0.2) is 38.5 Å². The normalized spacial score (nSPS) is 10.8. The van der Waals surface area contributed by atoms with Crippen LogP contribution in [0.4, 0.5) is 5.69 Å². The first-order valence-electron chi connectivity index (χ1n) is 7.40.